The lowest BCUT2D eigenvalue weighted by atomic mass is 9.94. The Kier molecular flexibility index (Phi) is 7.29. The maximum absolute atomic E-state index is 3.55. The Labute approximate surface area is 131 Å². The summed E-state index contributed by atoms with van der Waals surface area (Å²) in [6, 6.07) is 9.58. The maximum atomic E-state index is 3.55. The summed E-state index contributed by atoms with van der Waals surface area (Å²) in [4.78, 5) is 0. The van der Waals surface area contributed by atoms with Crippen molar-refractivity contribution in [1.82, 2.24) is 5.32 Å². The molecule has 21 heavy (non-hydrogen) atoms. The maximum Gasteiger partial charge on any atom is 0.0352 e. The average Bonchev–Trinajstić information content (AvgIpc) is 2.87. The summed E-state index contributed by atoms with van der Waals surface area (Å²) in [5.74, 6) is 0.812. The third kappa shape index (κ3) is 4.85. The molecule has 1 N–H and O–H groups in total. The molecule has 1 aromatic carbocycles. The summed E-state index contributed by atoms with van der Waals surface area (Å²) in [5.41, 5.74) is 3.12. The zero-order chi connectivity index (χ0) is 14.9. The van der Waals surface area contributed by atoms with Crippen molar-refractivity contribution < 1.29 is 0 Å². The summed E-state index contributed by atoms with van der Waals surface area (Å²) in [5, 5.41) is 3.55. The Bertz CT molecular complexity index is 399. The van der Waals surface area contributed by atoms with Crippen LogP contribution < -0.4 is 5.32 Å². The molecule has 0 amide bonds. The zero-order valence-corrected chi connectivity index (χ0v) is 14.0. The van der Waals surface area contributed by atoms with Gasteiger partial charge < -0.3 is 5.32 Å². The van der Waals surface area contributed by atoms with Crippen LogP contribution in [0.2, 0.25) is 0 Å². The molecule has 0 radical (unpaired) electrons. The van der Waals surface area contributed by atoms with Gasteiger partial charge in [-0.3, -0.25) is 0 Å². The van der Waals surface area contributed by atoms with Crippen LogP contribution in [0.15, 0.2) is 24.3 Å². The first kappa shape index (κ1) is 16.5. The molecule has 0 saturated carbocycles. The van der Waals surface area contributed by atoms with E-state index in [0.29, 0.717) is 6.04 Å². The van der Waals surface area contributed by atoms with E-state index in [2.05, 4.69) is 43.6 Å². The van der Waals surface area contributed by atoms with Crippen LogP contribution in [-0.4, -0.2) is 7.05 Å². The molecular formula is C20H33N. The van der Waals surface area contributed by atoms with E-state index < -0.39 is 0 Å². The Morgan fingerprint density at radius 1 is 0.952 bits per heavy atom. The van der Waals surface area contributed by atoms with E-state index in [1.165, 1.54) is 64.2 Å². The highest BCUT2D eigenvalue weighted by Gasteiger charge is 2.30. The molecule has 0 spiro atoms. The van der Waals surface area contributed by atoms with Crippen molar-refractivity contribution in [2.45, 2.75) is 77.2 Å². The van der Waals surface area contributed by atoms with Gasteiger partial charge in [0.2, 0.25) is 0 Å². The first-order chi connectivity index (χ1) is 10.4. The Morgan fingerprint density at radius 2 is 1.62 bits per heavy atom. The fraction of sp³-hybridized carbons (Fsp3) is 0.700. The monoisotopic (exact) mass is 287 g/mol. The highest BCUT2D eigenvalue weighted by Crippen LogP contribution is 2.38. The van der Waals surface area contributed by atoms with Crippen molar-refractivity contribution in [2.75, 3.05) is 7.05 Å². The van der Waals surface area contributed by atoms with E-state index in [9.17, 15) is 0 Å². The van der Waals surface area contributed by atoms with Crippen molar-refractivity contribution in [3.63, 3.8) is 0 Å². The molecule has 2 rings (SSSR count). The van der Waals surface area contributed by atoms with Gasteiger partial charge in [0, 0.05) is 6.04 Å². The fourth-order valence-electron chi connectivity index (χ4n) is 3.88. The molecule has 0 bridgehead atoms. The van der Waals surface area contributed by atoms with Gasteiger partial charge in [0.15, 0.2) is 0 Å². The van der Waals surface area contributed by atoms with Crippen LogP contribution in [0.5, 0.6) is 0 Å². The molecule has 0 heterocycles. The summed E-state index contributed by atoms with van der Waals surface area (Å²) >= 11 is 0. The number of fused-ring (bicyclic) bond motifs is 1. The van der Waals surface area contributed by atoms with Crippen molar-refractivity contribution in [1.29, 1.82) is 0 Å². The molecule has 0 saturated heterocycles. The lowest BCUT2D eigenvalue weighted by molar-refractivity contribution is 0.370. The molecule has 0 aromatic heterocycles. The number of unbranched alkanes of at least 4 members (excludes halogenated alkanes) is 7. The van der Waals surface area contributed by atoms with Crippen LogP contribution in [0.1, 0.15) is 81.9 Å². The van der Waals surface area contributed by atoms with E-state index in [-0.39, 0.29) is 0 Å². The molecule has 1 nitrogen and oxygen atoms in total. The first-order valence-electron chi connectivity index (χ1n) is 9.12. The van der Waals surface area contributed by atoms with Crippen molar-refractivity contribution in [2.24, 2.45) is 5.92 Å². The molecule has 2 atom stereocenters. The standard InChI is InChI=1S/C20H33N/c1-3-4-5-6-7-8-9-10-14-18-16-17-13-11-12-15-19(17)20(18)21-2/h11-13,15,18,20-21H,3-10,14,16H2,1-2H3. The topological polar surface area (TPSA) is 12.0 Å². The highest BCUT2D eigenvalue weighted by molar-refractivity contribution is 5.35. The van der Waals surface area contributed by atoms with Crippen LogP contribution in [0.4, 0.5) is 0 Å². The summed E-state index contributed by atoms with van der Waals surface area (Å²) in [6.45, 7) is 2.29. The predicted molar refractivity (Wildman–Crippen MR) is 92.7 cm³/mol. The molecule has 2 unspecified atom stereocenters. The van der Waals surface area contributed by atoms with Crippen LogP contribution in [0.25, 0.3) is 0 Å². The molecule has 0 aliphatic heterocycles. The summed E-state index contributed by atoms with van der Waals surface area (Å²) < 4.78 is 0. The number of hydrogen-bond donors (Lipinski definition) is 1. The smallest absolute Gasteiger partial charge is 0.0352 e. The van der Waals surface area contributed by atoms with Gasteiger partial charge in [-0.2, -0.15) is 0 Å². The second kappa shape index (κ2) is 9.25. The minimum Gasteiger partial charge on any atom is -0.313 e. The minimum atomic E-state index is 0.589. The lowest BCUT2D eigenvalue weighted by Crippen LogP contribution is -2.21. The zero-order valence-electron chi connectivity index (χ0n) is 14.0. The number of rotatable bonds is 10. The van der Waals surface area contributed by atoms with Gasteiger partial charge in [0.05, 0.1) is 0 Å². The lowest BCUT2D eigenvalue weighted by Gasteiger charge is -2.19. The van der Waals surface area contributed by atoms with Gasteiger partial charge in [0.1, 0.15) is 0 Å². The predicted octanol–water partition coefficient (Wildman–Crippen LogP) is 5.65. The fourth-order valence-corrected chi connectivity index (χ4v) is 3.88. The molecular weight excluding hydrogens is 254 g/mol. The molecule has 0 fully saturated rings. The average molecular weight is 287 g/mol. The van der Waals surface area contributed by atoms with E-state index in [0.717, 1.165) is 5.92 Å². The molecule has 1 aromatic rings. The van der Waals surface area contributed by atoms with E-state index in [1.807, 2.05) is 0 Å². The van der Waals surface area contributed by atoms with Crippen molar-refractivity contribution >= 4 is 0 Å². The van der Waals surface area contributed by atoms with Gasteiger partial charge in [-0.15, -0.1) is 0 Å². The Balaban J connectivity index is 1.63. The normalized spacial score (nSPS) is 20.7. The van der Waals surface area contributed by atoms with Crippen molar-refractivity contribution in [3.05, 3.63) is 35.4 Å². The highest BCUT2D eigenvalue weighted by atomic mass is 14.9. The molecule has 118 valence electrons. The van der Waals surface area contributed by atoms with E-state index in [4.69, 9.17) is 0 Å². The number of hydrogen-bond acceptors (Lipinski definition) is 1. The minimum absolute atomic E-state index is 0.589. The largest absolute Gasteiger partial charge is 0.313 e. The van der Waals surface area contributed by atoms with Crippen LogP contribution in [-0.2, 0) is 6.42 Å². The van der Waals surface area contributed by atoms with Gasteiger partial charge in [-0.1, -0.05) is 82.6 Å². The Hall–Kier alpha value is -0.820. The number of nitrogens with one attached hydrogen (secondary N) is 1. The summed E-state index contributed by atoms with van der Waals surface area (Å²) in [7, 11) is 2.12. The van der Waals surface area contributed by atoms with Crippen molar-refractivity contribution in [3.8, 4) is 0 Å². The number of benzene rings is 1. The molecule has 1 heteroatoms. The molecule has 1 aliphatic rings. The third-order valence-corrected chi connectivity index (χ3v) is 5.08. The first-order valence-corrected chi connectivity index (χ1v) is 9.12. The molecule has 1 aliphatic carbocycles. The summed E-state index contributed by atoms with van der Waals surface area (Å²) in [6.07, 6.45) is 14.0. The SMILES string of the molecule is CCCCCCCCCCC1Cc2ccccc2C1NC. The third-order valence-electron chi connectivity index (χ3n) is 5.08. The van der Waals surface area contributed by atoms with Crippen LogP contribution >= 0.6 is 0 Å². The Morgan fingerprint density at radius 3 is 2.33 bits per heavy atom. The van der Waals surface area contributed by atoms with Crippen LogP contribution in [0.3, 0.4) is 0 Å². The second-order valence-corrected chi connectivity index (χ2v) is 6.69. The second-order valence-electron chi connectivity index (χ2n) is 6.69. The quantitative estimate of drug-likeness (QED) is 0.548. The van der Waals surface area contributed by atoms with Gasteiger partial charge in [0.25, 0.3) is 0 Å². The van der Waals surface area contributed by atoms with E-state index in [1.54, 1.807) is 11.1 Å². The van der Waals surface area contributed by atoms with Crippen LogP contribution in [0, 0.1) is 5.92 Å². The van der Waals surface area contributed by atoms with Gasteiger partial charge in [-0.25, -0.2) is 0 Å². The van der Waals surface area contributed by atoms with E-state index >= 15 is 0 Å². The van der Waals surface area contributed by atoms with Gasteiger partial charge >= 0.3 is 0 Å². The van der Waals surface area contributed by atoms with Gasteiger partial charge in [-0.05, 0) is 36.9 Å².